The molecule has 0 unspecified atom stereocenters. The van der Waals surface area contributed by atoms with E-state index in [2.05, 4.69) is 26.5 Å². The van der Waals surface area contributed by atoms with E-state index < -0.39 is 0 Å². The van der Waals surface area contributed by atoms with E-state index in [0.717, 1.165) is 22.2 Å². The monoisotopic (exact) mass is 323 g/mol. The molecule has 0 aliphatic rings. The van der Waals surface area contributed by atoms with Crippen molar-refractivity contribution in [2.75, 3.05) is 0 Å². The van der Waals surface area contributed by atoms with Gasteiger partial charge in [-0.25, -0.2) is 14.3 Å². The molecule has 0 N–H and O–H groups in total. The third-order valence-electron chi connectivity index (χ3n) is 3.84. The van der Waals surface area contributed by atoms with Gasteiger partial charge >= 0.3 is 0 Å². The molecule has 6 nitrogen and oxygen atoms in total. The van der Waals surface area contributed by atoms with E-state index in [1.807, 2.05) is 48.1 Å². The summed E-state index contributed by atoms with van der Waals surface area (Å²) in [6, 6.07) is 13.8. The van der Waals surface area contributed by atoms with Crippen molar-refractivity contribution < 1.29 is 0 Å². The van der Waals surface area contributed by atoms with Crippen LogP contribution in [-0.2, 0) is 7.05 Å². The normalized spacial score (nSPS) is 12.6. The van der Waals surface area contributed by atoms with Gasteiger partial charge in [0.2, 0.25) is 0 Å². The fourth-order valence-corrected chi connectivity index (χ4v) is 2.84. The van der Waals surface area contributed by atoms with Gasteiger partial charge in [0.25, 0.3) is 0 Å². The Morgan fingerprint density at radius 1 is 1.04 bits per heavy atom. The summed E-state index contributed by atoms with van der Waals surface area (Å²) in [5.74, 6) is 0. The van der Waals surface area contributed by atoms with Crippen LogP contribution in [-0.4, -0.2) is 29.8 Å². The molecule has 0 spiro atoms. The standard InChI is InChI=1S/C16H13ClN6/c1-22-15-8-12(4-7-14(15)20-21-22)16(23-10-18-9-19-23)11-2-5-13(17)6-3-11/h2-10,16H,1H3/t16-/m0/s1/i1-1. The number of rotatable bonds is 3. The summed E-state index contributed by atoms with van der Waals surface area (Å²) < 4.78 is 3.59. The zero-order valence-corrected chi connectivity index (χ0v) is 13.1. The molecule has 0 saturated carbocycles. The second-order valence-electron chi connectivity index (χ2n) is 5.29. The van der Waals surface area contributed by atoms with Crippen LogP contribution in [0.4, 0.5) is 0 Å². The summed E-state index contributed by atoms with van der Waals surface area (Å²) in [5, 5.41) is 13.2. The summed E-state index contributed by atoms with van der Waals surface area (Å²) in [7, 11) is 1.88. The van der Waals surface area contributed by atoms with Crippen LogP contribution in [0, 0.1) is 0 Å². The van der Waals surface area contributed by atoms with Crippen LogP contribution in [0.5, 0.6) is 0 Å². The van der Waals surface area contributed by atoms with Crippen molar-refractivity contribution >= 4 is 22.6 Å². The smallest absolute Gasteiger partial charge is 0.137 e. The minimum Gasteiger partial charge on any atom is -0.248 e. The first-order chi connectivity index (χ1) is 11.2. The van der Waals surface area contributed by atoms with Crippen molar-refractivity contribution in [3.05, 3.63) is 71.3 Å². The largest absolute Gasteiger partial charge is 0.248 e. The van der Waals surface area contributed by atoms with Gasteiger partial charge in [-0.05, 0) is 35.4 Å². The first-order valence-corrected chi connectivity index (χ1v) is 7.49. The number of fused-ring (bicyclic) bond motifs is 1. The summed E-state index contributed by atoms with van der Waals surface area (Å²) in [4.78, 5) is 4.08. The molecule has 114 valence electrons. The Morgan fingerprint density at radius 3 is 2.57 bits per heavy atom. The fraction of sp³-hybridized carbons (Fsp3) is 0.125. The summed E-state index contributed by atoms with van der Waals surface area (Å²) in [5.41, 5.74) is 4.00. The van der Waals surface area contributed by atoms with Crippen molar-refractivity contribution in [2.45, 2.75) is 6.04 Å². The third-order valence-corrected chi connectivity index (χ3v) is 4.09. The predicted octanol–water partition coefficient (Wildman–Crippen LogP) is 2.85. The Bertz CT molecular complexity index is 943. The van der Waals surface area contributed by atoms with Crippen LogP contribution in [0.2, 0.25) is 5.02 Å². The number of hydrogen-bond acceptors (Lipinski definition) is 4. The molecule has 1 atom stereocenters. The lowest BCUT2D eigenvalue weighted by molar-refractivity contribution is 0.594. The molecule has 7 heteroatoms. The molecule has 2 aromatic carbocycles. The van der Waals surface area contributed by atoms with Gasteiger partial charge in [0.05, 0.1) is 5.52 Å². The highest BCUT2D eigenvalue weighted by Gasteiger charge is 2.18. The minimum atomic E-state index is -0.0888. The molecule has 2 aromatic heterocycles. The molecule has 0 aliphatic carbocycles. The molecule has 0 saturated heterocycles. The fourth-order valence-electron chi connectivity index (χ4n) is 2.71. The van der Waals surface area contributed by atoms with E-state index >= 15 is 0 Å². The molecule has 4 rings (SSSR count). The van der Waals surface area contributed by atoms with E-state index in [1.54, 1.807) is 11.0 Å². The molecule has 23 heavy (non-hydrogen) atoms. The van der Waals surface area contributed by atoms with E-state index in [0.29, 0.717) is 5.02 Å². The van der Waals surface area contributed by atoms with E-state index in [1.165, 1.54) is 6.33 Å². The molecule has 4 aromatic rings. The van der Waals surface area contributed by atoms with Crippen molar-refractivity contribution in [2.24, 2.45) is 7.05 Å². The Balaban J connectivity index is 1.89. The van der Waals surface area contributed by atoms with Gasteiger partial charge in [-0.1, -0.05) is 35.0 Å². The molecule has 0 fully saturated rings. The average Bonchev–Trinajstić information content (AvgIpc) is 3.21. The maximum atomic E-state index is 6.02. The summed E-state index contributed by atoms with van der Waals surface area (Å²) in [6.45, 7) is 0. The van der Waals surface area contributed by atoms with Crippen LogP contribution in [0.15, 0.2) is 55.1 Å². The zero-order valence-electron chi connectivity index (χ0n) is 12.3. The predicted molar refractivity (Wildman–Crippen MR) is 87.2 cm³/mol. The maximum absolute atomic E-state index is 6.02. The molecule has 0 radical (unpaired) electrons. The van der Waals surface area contributed by atoms with Crippen LogP contribution < -0.4 is 0 Å². The SMILES string of the molecule is [11CH3]n1nnc2ccc([C@H](c3ccc(Cl)cc3)n3cncn3)cc21. The number of hydrogen-bond donors (Lipinski definition) is 0. The Kier molecular flexibility index (Phi) is 3.31. The molecule has 0 amide bonds. The van der Waals surface area contributed by atoms with Gasteiger partial charge in [-0.15, -0.1) is 5.10 Å². The molecule has 0 bridgehead atoms. The molecular weight excluding hydrogens is 311 g/mol. The van der Waals surface area contributed by atoms with Crippen molar-refractivity contribution in [1.29, 1.82) is 0 Å². The Morgan fingerprint density at radius 2 is 1.83 bits per heavy atom. The van der Waals surface area contributed by atoms with E-state index in [9.17, 15) is 0 Å². The minimum absolute atomic E-state index is 0.0888. The molecular formula is C16H13ClN6. The lowest BCUT2D eigenvalue weighted by Crippen LogP contribution is -2.13. The van der Waals surface area contributed by atoms with Crippen LogP contribution in [0.3, 0.4) is 0 Å². The van der Waals surface area contributed by atoms with Crippen molar-refractivity contribution in [3.63, 3.8) is 0 Å². The van der Waals surface area contributed by atoms with Gasteiger partial charge in [-0.2, -0.15) is 5.10 Å². The zero-order chi connectivity index (χ0) is 15.8. The van der Waals surface area contributed by atoms with E-state index in [-0.39, 0.29) is 6.04 Å². The molecule has 2 heterocycles. The maximum Gasteiger partial charge on any atom is 0.137 e. The summed E-state index contributed by atoms with van der Waals surface area (Å²) >= 11 is 6.02. The van der Waals surface area contributed by atoms with Crippen LogP contribution in [0.25, 0.3) is 11.0 Å². The third kappa shape index (κ3) is 2.47. The molecule has 0 aliphatic heterocycles. The van der Waals surface area contributed by atoms with Gasteiger partial charge in [0.1, 0.15) is 24.2 Å². The van der Waals surface area contributed by atoms with Crippen LogP contribution in [0.1, 0.15) is 17.2 Å². The first-order valence-electron chi connectivity index (χ1n) is 7.11. The topological polar surface area (TPSA) is 61.4 Å². The van der Waals surface area contributed by atoms with Gasteiger partial charge in [0, 0.05) is 12.1 Å². The first kappa shape index (κ1) is 13.9. The average molecular weight is 324 g/mol. The second-order valence-corrected chi connectivity index (χ2v) is 5.73. The lowest BCUT2D eigenvalue weighted by atomic mass is 9.98. The highest BCUT2D eigenvalue weighted by atomic mass is 35.5. The number of aromatic nitrogens is 6. The highest BCUT2D eigenvalue weighted by Crippen LogP contribution is 2.28. The Labute approximate surface area is 137 Å². The number of aryl methyl sites for hydroxylation is 1. The van der Waals surface area contributed by atoms with Gasteiger partial charge < -0.3 is 0 Å². The van der Waals surface area contributed by atoms with Crippen molar-refractivity contribution in [3.8, 4) is 0 Å². The quantitative estimate of drug-likeness (QED) is 0.581. The number of halogens is 1. The second kappa shape index (κ2) is 5.48. The number of nitrogens with zero attached hydrogens (tertiary/aromatic N) is 6. The highest BCUT2D eigenvalue weighted by molar-refractivity contribution is 6.30. The van der Waals surface area contributed by atoms with E-state index in [4.69, 9.17) is 11.6 Å². The number of benzene rings is 2. The van der Waals surface area contributed by atoms with Crippen LogP contribution >= 0.6 is 11.6 Å². The van der Waals surface area contributed by atoms with Crippen molar-refractivity contribution in [1.82, 2.24) is 29.8 Å². The lowest BCUT2D eigenvalue weighted by Gasteiger charge is -2.18. The van der Waals surface area contributed by atoms with Gasteiger partial charge in [-0.3, -0.25) is 0 Å². The summed E-state index contributed by atoms with van der Waals surface area (Å²) in [6.07, 6.45) is 3.25. The Hall–Kier alpha value is -2.73. The van der Waals surface area contributed by atoms with Gasteiger partial charge in [0.15, 0.2) is 0 Å².